The highest BCUT2D eigenvalue weighted by atomic mass is 32.2. The van der Waals surface area contributed by atoms with Crippen LogP contribution in [-0.4, -0.2) is 30.8 Å². The topological polar surface area (TPSA) is 90.0 Å². The first-order valence-corrected chi connectivity index (χ1v) is 8.03. The molecule has 6 nitrogen and oxygen atoms in total. The molecule has 0 aliphatic rings. The number of benzene rings is 1. The van der Waals surface area contributed by atoms with Gasteiger partial charge < -0.3 is 10.3 Å². The number of halogens is 1. The predicted molar refractivity (Wildman–Crippen MR) is 76.3 cm³/mol. The van der Waals surface area contributed by atoms with E-state index < -0.39 is 10.0 Å². The van der Waals surface area contributed by atoms with E-state index in [4.69, 9.17) is 5.73 Å². The third-order valence-electron chi connectivity index (χ3n) is 2.98. The van der Waals surface area contributed by atoms with Gasteiger partial charge in [0.15, 0.2) is 0 Å². The maximum absolute atomic E-state index is 13.5. The second kappa shape index (κ2) is 5.37. The van der Waals surface area contributed by atoms with Gasteiger partial charge in [-0.25, -0.2) is 22.5 Å². The summed E-state index contributed by atoms with van der Waals surface area (Å²) >= 11 is 0. The molecule has 0 radical (unpaired) electrons. The number of anilines is 1. The van der Waals surface area contributed by atoms with Crippen molar-refractivity contribution in [1.29, 1.82) is 0 Å². The molecule has 2 rings (SSSR count). The number of imidazole rings is 1. The highest BCUT2D eigenvalue weighted by Gasteiger charge is 2.11. The number of nitrogens with two attached hydrogens (primary N) is 1. The molecule has 0 aliphatic carbocycles. The fraction of sp³-hybridized carbons (Fsp3) is 0.417. The number of nitrogen functional groups attached to an aromatic ring is 1. The highest BCUT2D eigenvalue weighted by Crippen LogP contribution is 2.21. The van der Waals surface area contributed by atoms with Crippen LogP contribution in [0, 0.1) is 12.7 Å². The average molecular weight is 300 g/mol. The normalized spacial score (nSPS) is 12.2. The lowest BCUT2D eigenvalue weighted by atomic mass is 10.2. The summed E-state index contributed by atoms with van der Waals surface area (Å²) in [5.41, 5.74) is 7.59. The fourth-order valence-corrected chi connectivity index (χ4v) is 2.51. The Morgan fingerprint density at radius 3 is 2.80 bits per heavy atom. The van der Waals surface area contributed by atoms with Crippen molar-refractivity contribution in [3.8, 4) is 0 Å². The molecule has 1 aromatic heterocycles. The molecule has 0 spiro atoms. The van der Waals surface area contributed by atoms with Crippen molar-refractivity contribution < 1.29 is 12.8 Å². The van der Waals surface area contributed by atoms with Gasteiger partial charge in [-0.3, -0.25) is 0 Å². The van der Waals surface area contributed by atoms with Gasteiger partial charge in [-0.1, -0.05) is 0 Å². The molecule has 3 N–H and O–H groups in total. The molecule has 110 valence electrons. The van der Waals surface area contributed by atoms with Crippen molar-refractivity contribution >= 4 is 27.0 Å². The molecule has 1 aromatic carbocycles. The number of nitrogens with zero attached hydrogens (tertiary/aromatic N) is 2. The maximum Gasteiger partial charge on any atom is 0.208 e. The monoisotopic (exact) mass is 300 g/mol. The summed E-state index contributed by atoms with van der Waals surface area (Å²) in [5.74, 6) is -0.0229. The van der Waals surface area contributed by atoms with Gasteiger partial charge in [0, 0.05) is 19.2 Å². The van der Waals surface area contributed by atoms with Crippen LogP contribution in [0.1, 0.15) is 12.0 Å². The number of sulfonamides is 1. The van der Waals surface area contributed by atoms with Gasteiger partial charge in [0.2, 0.25) is 16.0 Å². The Hall–Kier alpha value is -1.67. The van der Waals surface area contributed by atoms with Crippen molar-refractivity contribution in [3.05, 3.63) is 23.5 Å². The van der Waals surface area contributed by atoms with Gasteiger partial charge in [-0.2, -0.15) is 0 Å². The molecule has 0 aliphatic heterocycles. The van der Waals surface area contributed by atoms with E-state index in [2.05, 4.69) is 9.71 Å². The van der Waals surface area contributed by atoms with Crippen LogP contribution in [0.25, 0.3) is 11.0 Å². The third kappa shape index (κ3) is 3.26. The molecule has 20 heavy (non-hydrogen) atoms. The van der Waals surface area contributed by atoms with E-state index in [0.717, 1.165) is 11.8 Å². The lowest BCUT2D eigenvalue weighted by Crippen LogP contribution is -2.24. The number of hydrogen-bond donors (Lipinski definition) is 2. The second-order valence-corrected chi connectivity index (χ2v) is 6.56. The fourth-order valence-electron chi connectivity index (χ4n) is 2.00. The number of nitrogens with one attached hydrogen (secondary N) is 1. The Morgan fingerprint density at radius 2 is 2.15 bits per heavy atom. The molecule has 8 heteroatoms. The Morgan fingerprint density at radius 1 is 1.45 bits per heavy atom. The Balaban J connectivity index is 2.17. The van der Waals surface area contributed by atoms with Crippen molar-refractivity contribution in [2.45, 2.75) is 19.9 Å². The summed E-state index contributed by atoms with van der Waals surface area (Å²) in [6, 6.07) is 3.05. The van der Waals surface area contributed by atoms with E-state index in [1.54, 1.807) is 17.6 Å². The van der Waals surface area contributed by atoms with Crippen molar-refractivity contribution in [1.82, 2.24) is 14.3 Å². The zero-order chi connectivity index (χ0) is 14.9. The van der Waals surface area contributed by atoms with Crippen molar-refractivity contribution in [2.24, 2.45) is 0 Å². The lowest BCUT2D eigenvalue weighted by Gasteiger charge is -2.07. The first kappa shape index (κ1) is 14.7. The number of hydrogen-bond acceptors (Lipinski definition) is 4. The van der Waals surface area contributed by atoms with Crippen LogP contribution in [0.2, 0.25) is 0 Å². The molecule has 1 heterocycles. The van der Waals surface area contributed by atoms with Gasteiger partial charge in [0.25, 0.3) is 0 Å². The minimum Gasteiger partial charge on any atom is -0.369 e. The van der Waals surface area contributed by atoms with Crippen LogP contribution in [0.5, 0.6) is 0 Å². The Bertz CT molecular complexity index is 739. The zero-order valence-corrected chi connectivity index (χ0v) is 12.2. The second-order valence-electron chi connectivity index (χ2n) is 4.73. The minimum atomic E-state index is -3.19. The van der Waals surface area contributed by atoms with Gasteiger partial charge in [-0.15, -0.1) is 0 Å². The van der Waals surface area contributed by atoms with Crippen LogP contribution in [0.4, 0.5) is 10.3 Å². The van der Waals surface area contributed by atoms with Gasteiger partial charge in [0.05, 0.1) is 17.3 Å². The highest BCUT2D eigenvalue weighted by molar-refractivity contribution is 7.88. The summed E-state index contributed by atoms with van der Waals surface area (Å²) in [5, 5.41) is 0. The quantitative estimate of drug-likeness (QED) is 0.806. The standard InChI is InChI=1S/C12H17FN4O2S/c1-8-6-11-10(7-9(8)13)16-12(14)17(11)5-3-4-15-20(2,18)19/h6-7,15H,3-5H2,1-2H3,(H2,14,16). The summed E-state index contributed by atoms with van der Waals surface area (Å²) in [6.45, 7) is 2.50. The lowest BCUT2D eigenvalue weighted by molar-refractivity contribution is 0.578. The minimum absolute atomic E-state index is 0.296. The SMILES string of the molecule is Cc1cc2c(cc1F)nc(N)n2CCCNS(C)(=O)=O. The first-order valence-electron chi connectivity index (χ1n) is 6.14. The van der Waals surface area contributed by atoms with Gasteiger partial charge in [-0.05, 0) is 25.0 Å². The third-order valence-corrected chi connectivity index (χ3v) is 3.71. The van der Waals surface area contributed by atoms with Crippen LogP contribution in [0.3, 0.4) is 0 Å². The van der Waals surface area contributed by atoms with Crippen LogP contribution < -0.4 is 10.5 Å². The number of aromatic nitrogens is 2. The van der Waals surface area contributed by atoms with Crippen molar-refractivity contribution in [3.63, 3.8) is 0 Å². The largest absolute Gasteiger partial charge is 0.369 e. The molecular weight excluding hydrogens is 283 g/mol. The molecule has 0 fully saturated rings. The van der Waals surface area contributed by atoms with E-state index in [1.807, 2.05) is 0 Å². The summed E-state index contributed by atoms with van der Waals surface area (Å²) in [6.07, 6.45) is 1.68. The van der Waals surface area contributed by atoms with Crippen LogP contribution in [0.15, 0.2) is 12.1 Å². The average Bonchev–Trinajstić information content (AvgIpc) is 2.60. The number of fused-ring (bicyclic) bond motifs is 1. The Kier molecular flexibility index (Phi) is 3.96. The first-order chi connectivity index (χ1) is 9.28. The maximum atomic E-state index is 13.5. The van der Waals surface area contributed by atoms with Crippen LogP contribution >= 0.6 is 0 Å². The number of aryl methyl sites for hydroxylation is 2. The van der Waals surface area contributed by atoms with E-state index in [0.29, 0.717) is 36.5 Å². The van der Waals surface area contributed by atoms with E-state index in [1.165, 1.54) is 6.07 Å². The predicted octanol–water partition coefficient (Wildman–Crippen LogP) is 1.01. The van der Waals surface area contributed by atoms with E-state index >= 15 is 0 Å². The Labute approximate surface area is 116 Å². The molecule has 2 aromatic rings. The van der Waals surface area contributed by atoms with E-state index in [9.17, 15) is 12.8 Å². The smallest absolute Gasteiger partial charge is 0.208 e. The molecule has 0 saturated heterocycles. The summed E-state index contributed by atoms with van der Waals surface area (Å²) < 4.78 is 39.5. The van der Waals surface area contributed by atoms with Gasteiger partial charge in [0.1, 0.15) is 5.82 Å². The van der Waals surface area contributed by atoms with Gasteiger partial charge >= 0.3 is 0 Å². The van der Waals surface area contributed by atoms with E-state index in [-0.39, 0.29) is 5.82 Å². The van der Waals surface area contributed by atoms with Crippen LogP contribution in [-0.2, 0) is 16.6 Å². The molecule has 0 saturated carbocycles. The summed E-state index contributed by atoms with van der Waals surface area (Å²) in [4.78, 5) is 4.10. The summed E-state index contributed by atoms with van der Waals surface area (Å²) in [7, 11) is -3.19. The molecule has 0 atom stereocenters. The van der Waals surface area contributed by atoms with Crippen molar-refractivity contribution in [2.75, 3.05) is 18.5 Å². The molecule has 0 bridgehead atoms. The number of rotatable bonds is 5. The molecule has 0 amide bonds. The molecular formula is C12H17FN4O2S. The molecule has 0 unspecified atom stereocenters. The zero-order valence-electron chi connectivity index (χ0n) is 11.4.